The molecule has 18 heavy (non-hydrogen) atoms. The summed E-state index contributed by atoms with van der Waals surface area (Å²) in [4.78, 5) is 22.6. The first-order valence-electron chi connectivity index (χ1n) is 5.57. The van der Waals surface area contributed by atoms with Crippen molar-refractivity contribution < 1.29 is 19.1 Å². The smallest absolute Gasteiger partial charge is 0.338 e. The summed E-state index contributed by atoms with van der Waals surface area (Å²) in [5.74, 6) is -0.910. The zero-order chi connectivity index (χ0) is 13.5. The normalized spacial score (nSPS) is 9.67. The summed E-state index contributed by atoms with van der Waals surface area (Å²) in [7, 11) is 0. The van der Waals surface area contributed by atoms with Gasteiger partial charge in [-0.1, -0.05) is 24.3 Å². The van der Waals surface area contributed by atoms with E-state index in [0.29, 0.717) is 11.1 Å². The third-order valence-corrected chi connectivity index (χ3v) is 2.15. The highest BCUT2D eigenvalue weighted by molar-refractivity contribution is 5.89. The van der Waals surface area contributed by atoms with Crippen LogP contribution in [-0.2, 0) is 14.3 Å². The van der Waals surface area contributed by atoms with Crippen molar-refractivity contribution in [2.24, 2.45) is 0 Å². The van der Waals surface area contributed by atoms with E-state index in [-0.39, 0.29) is 13.2 Å². The van der Waals surface area contributed by atoms with Crippen LogP contribution < -0.4 is 0 Å². The Labute approximate surface area is 106 Å². The van der Waals surface area contributed by atoms with Crippen LogP contribution in [0.4, 0.5) is 0 Å². The average Bonchev–Trinajstić information content (AvgIpc) is 2.33. The van der Waals surface area contributed by atoms with E-state index >= 15 is 0 Å². The van der Waals surface area contributed by atoms with Crippen LogP contribution in [0.25, 0.3) is 0 Å². The van der Waals surface area contributed by atoms with E-state index in [9.17, 15) is 9.59 Å². The number of hydrogen-bond donors (Lipinski definition) is 0. The minimum Gasteiger partial charge on any atom is -0.459 e. The summed E-state index contributed by atoms with van der Waals surface area (Å²) >= 11 is 0. The second-order valence-corrected chi connectivity index (χ2v) is 3.92. The highest BCUT2D eigenvalue weighted by Gasteiger charge is 2.08. The Kier molecular flexibility index (Phi) is 5.11. The third kappa shape index (κ3) is 4.41. The van der Waals surface area contributed by atoms with E-state index in [1.807, 2.05) is 13.0 Å². The van der Waals surface area contributed by atoms with Gasteiger partial charge < -0.3 is 9.47 Å². The van der Waals surface area contributed by atoms with Crippen molar-refractivity contribution in [2.45, 2.75) is 13.8 Å². The Bertz CT molecular complexity index is 463. The molecular weight excluding hydrogens is 232 g/mol. The fourth-order valence-corrected chi connectivity index (χ4v) is 1.25. The molecule has 0 fully saturated rings. The van der Waals surface area contributed by atoms with Crippen molar-refractivity contribution in [2.75, 3.05) is 13.2 Å². The first kappa shape index (κ1) is 14.0. The zero-order valence-corrected chi connectivity index (χ0v) is 10.6. The van der Waals surface area contributed by atoms with E-state index in [0.717, 1.165) is 5.56 Å². The quantitative estimate of drug-likeness (QED) is 0.455. The number of carbonyl (C=O) groups is 2. The molecule has 0 saturated carbocycles. The van der Waals surface area contributed by atoms with Gasteiger partial charge in [0.15, 0.2) is 0 Å². The maximum atomic E-state index is 11.6. The van der Waals surface area contributed by atoms with Crippen LogP contribution in [0, 0.1) is 6.92 Å². The van der Waals surface area contributed by atoms with E-state index in [4.69, 9.17) is 9.47 Å². The van der Waals surface area contributed by atoms with Crippen LogP contribution in [0.5, 0.6) is 0 Å². The number of aryl methyl sites for hydroxylation is 1. The van der Waals surface area contributed by atoms with Crippen LogP contribution in [0.1, 0.15) is 22.8 Å². The van der Waals surface area contributed by atoms with Gasteiger partial charge in [-0.05, 0) is 26.0 Å². The lowest BCUT2D eigenvalue weighted by molar-refractivity contribution is -0.140. The van der Waals surface area contributed by atoms with Crippen molar-refractivity contribution in [3.63, 3.8) is 0 Å². The number of carbonyl (C=O) groups excluding carboxylic acids is 2. The molecule has 0 radical (unpaired) electrons. The monoisotopic (exact) mass is 248 g/mol. The molecule has 0 spiro atoms. The Balaban J connectivity index is 2.34. The van der Waals surface area contributed by atoms with Crippen LogP contribution in [0.2, 0.25) is 0 Å². The van der Waals surface area contributed by atoms with Crippen molar-refractivity contribution in [1.82, 2.24) is 0 Å². The number of benzene rings is 1. The molecule has 0 N–H and O–H groups in total. The summed E-state index contributed by atoms with van der Waals surface area (Å²) in [6.07, 6.45) is 0. The molecule has 0 aliphatic rings. The summed E-state index contributed by atoms with van der Waals surface area (Å²) in [6.45, 7) is 6.96. The molecule has 1 rings (SSSR count). The number of ether oxygens (including phenoxy) is 2. The highest BCUT2D eigenvalue weighted by Crippen LogP contribution is 2.05. The van der Waals surface area contributed by atoms with Crippen LogP contribution in [-0.4, -0.2) is 25.2 Å². The predicted octanol–water partition coefficient (Wildman–Crippen LogP) is 2.27. The van der Waals surface area contributed by atoms with Gasteiger partial charge in [0.2, 0.25) is 0 Å². The first-order valence-corrected chi connectivity index (χ1v) is 5.57. The van der Waals surface area contributed by atoms with Gasteiger partial charge >= 0.3 is 11.9 Å². The maximum Gasteiger partial charge on any atom is 0.338 e. The second-order valence-electron chi connectivity index (χ2n) is 3.92. The van der Waals surface area contributed by atoms with Gasteiger partial charge in [0, 0.05) is 5.57 Å². The molecule has 0 bridgehead atoms. The predicted molar refractivity (Wildman–Crippen MR) is 67.2 cm³/mol. The van der Waals surface area contributed by atoms with E-state index in [2.05, 4.69) is 6.58 Å². The summed E-state index contributed by atoms with van der Waals surface area (Å²) < 4.78 is 9.77. The van der Waals surface area contributed by atoms with Gasteiger partial charge in [-0.25, -0.2) is 9.59 Å². The second kappa shape index (κ2) is 6.59. The number of rotatable bonds is 5. The molecule has 0 aromatic heterocycles. The molecule has 0 aliphatic heterocycles. The van der Waals surface area contributed by atoms with Crippen molar-refractivity contribution in [3.05, 3.63) is 47.5 Å². The summed E-state index contributed by atoms with van der Waals surface area (Å²) in [5, 5.41) is 0. The Morgan fingerprint density at radius 1 is 1.22 bits per heavy atom. The minimum absolute atomic E-state index is 0.0310. The standard InChI is InChI=1S/C14H16O4/c1-10(2)13(15)17-7-8-18-14(16)12-6-4-5-11(3)9-12/h4-6,9H,1,7-8H2,2-3H3. The van der Waals surface area contributed by atoms with Gasteiger partial charge in [-0.15, -0.1) is 0 Å². The summed E-state index contributed by atoms with van der Waals surface area (Å²) in [5.41, 5.74) is 1.79. The van der Waals surface area contributed by atoms with E-state index < -0.39 is 11.9 Å². The van der Waals surface area contributed by atoms with Crippen molar-refractivity contribution in [3.8, 4) is 0 Å². The highest BCUT2D eigenvalue weighted by atomic mass is 16.6. The molecule has 1 aromatic carbocycles. The zero-order valence-electron chi connectivity index (χ0n) is 10.6. The van der Waals surface area contributed by atoms with Crippen molar-refractivity contribution in [1.29, 1.82) is 0 Å². The molecule has 1 aromatic rings. The molecule has 4 nitrogen and oxygen atoms in total. The van der Waals surface area contributed by atoms with Gasteiger partial charge in [0.25, 0.3) is 0 Å². The molecule has 0 atom stereocenters. The third-order valence-electron chi connectivity index (χ3n) is 2.15. The Morgan fingerprint density at radius 3 is 2.50 bits per heavy atom. The molecule has 4 heteroatoms. The Hall–Kier alpha value is -2.10. The van der Waals surface area contributed by atoms with Crippen LogP contribution >= 0.6 is 0 Å². The van der Waals surface area contributed by atoms with Gasteiger partial charge in [-0.2, -0.15) is 0 Å². The van der Waals surface area contributed by atoms with E-state index in [1.54, 1.807) is 25.1 Å². The van der Waals surface area contributed by atoms with Gasteiger partial charge in [-0.3, -0.25) is 0 Å². The molecule has 0 aliphatic carbocycles. The lowest BCUT2D eigenvalue weighted by atomic mass is 10.1. The lowest BCUT2D eigenvalue weighted by Gasteiger charge is -2.06. The summed E-state index contributed by atoms with van der Waals surface area (Å²) in [6, 6.07) is 7.09. The molecular formula is C14H16O4. The van der Waals surface area contributed by atoms with Crippen LogP contribution in [0.15, 0.2) is 36.4 Å². The SMILES string of the molecule is C=C(C)C(=O)OCCOC(=O)c1cccc(C)c1. The van der Waals surface area contributed by atoms with Gasteiger partial charge in [0.1, 0.15) is 13.2 Å². The fraction of sp³-hybridized carbons (Fsp3) is 0.286. The van der Waals surface area contributed by atoms with Gasteiger partial charge in [0.05, 0.1) is 5.56 Å². The Morgan fingerprint density at radius 2 is 1.89 bits per heavy atom. The van der Waals surface area contributed by atoms with Crippen molar-refractivity contribution >= 4 is 11.9 Å². The fourth-order valence-electron chi connectivity index (χ4n) is 1.25. The first-order chi connectivity index (χ1) is 8.50. The molecule has 0 amide bonds. The van der Waals surface area contributed by atoms with E-state index in [1.165, 1.54) is 0 Å². The molecule has 0 saturated heterocycles. The largest absolute Gasteiger partial charge is 0.459 e. The number of hydrogen-bond acceptors (Lipinski definition) is 4. The average molecular weight is 248 g/mol. The number of esters is 2. The van der Waals surface area contributed by atoms with Crippen LogP contribution in [0.3, 0.4) is 0 Å². The lowest BCUT2D eigenvalue weighted by Crippen LogP contribution is -2.14. The molecule has 96 valence electrons. The molecule has 0 unspecified atom stereocenters. The molecule has 0 heterocycles. The topological polar surface area (TPSA) is 52.6 Å². The maximum absolute atomic E-state index is 11.6. The minimum atomic E-state index is -0.485.